The predicted molar refractivity (Wildman–Crippen MR) is 321 cm³/mol. The van der Waals surface area contributed by atoms with E-state index in [9.17, 15) is 14.4 Å². The fraction of sp³-hybridized carbons (Fsp3) is 0.897. The fourth-order valence-electron chi connectivity index (χ4n) is 10.1. The number of rotatable bonds is 62. The Morgan fingerprint density at radius 3 is 0.676 bits per heavy atom. The molecular weight excluding hydrogens is 913 g/mol. The average Bonchev–Trinajstić information content (AvgIpc) is 3.40. The van der Waals surface area contributed by atoms with Gasteiger partial charge < -0.3 is 14.2 Å². The van der Waals surface area contributed by atoms with Gasteiger partial charge in [0.1, 0.15) is 13.2 Å². The molecule has 436 valence electrons. The van der Waals surface area contributed by atoms with Crippen LogP contribution >= 0.6 is 0 Å². The summed E-state index contributed by atoms with van der Waals surface area (Å²) in [6.45, 7) is 6.67. The van der Waals surface area contributed by atoms with Crippen LogP contribution in [0.25, 0.3) is 0 Å². The van der Waals surface area contributed by atoms with Crippen LogP contribution in [-0.2, 0) is 28.6 Å². The molecule has 74 heavy (non-hydrogen) atoms. The van der Waals surface area contributed by atoms with Gasteiger partial charge in [0.2, 0.25) is 0 Å². The molecule has 0 amide bonds. The first-order chi connectivity index (χ1) is 36.5. The number of carbonyl (C=O) groups is 3. The molecule has 0 N–H and O–H groups in total. The van der Waals surface area contributed by atoms with Gasteiger partial charge in [0.05, 0.1) is 0 Å². The second-order valence-corrected chi connectivity index (χ2v) is 22.7. The third kappa shape index (κ3) is 60.8. The van der Waals surface area contributed by atoms with E-state index in [1.807, 2.05) is 0 Å². The summed E-state index contributed by atoms with van der Waals surface area (Å²) in [4.78, 5) is 38.1. The van der Waals surface area contributed by atoms with E-state index in [1.165, 1.54) is 270 Å². The standard InChI is InChI=1S/C68H128O6/c1-4-7-10-13-16-19-21-23-25-27-28-29-30-31-32-33-34-35-36-37-38-39-40-41-43-44-46-49-52-55-58-61-67(70)73-64-65(63-72-66(69)60-57-54-51-48-18-15-12-9-6-3)74-68(71)62-59-56-53-50-47-45-42-26-24-22-20-17-14-11-8-5-2/h26-28,42,65H,4-25,29-41,43-64H2,1-3H3/b28-27-,42-26-. The third-order valence-electron chi connectivity index (χ3n) is 15.2. The maximum atomic E-state index is 12.9. The topological polar surface area (TPSA) is 78.9 Å². The molecule has 0 aromatic rings. The molecule has 0 aliphatic heterocycles. The zero-order valence-electron chi connectivity index (χ0n) is 50.1. The quantitative estimate of drug-likeness (QED) is 0.0261. The van der Waals surface area contributed by atoms with Crippen LogP contribution in [0.5, 0.6) is 0 Å². The summed E-state index contributed by atoms with van der Waals surface area (Å²) in [6, 6.07) is 0. The second kappa shape index (κ2) is 63.4. The number of allylic oxidation sites excluding steroid dienone is 4. The first-order valence-corrected chi connectivity index (χ1v) is 33.3. The van der Waals surface area contributed by atoms with E-state index in [1.54, 1.807) is 0 Å². The lowest BCUT2D eigenvalue weighted by atomic mass is 10.0. The Labute approximate surface area is 462 Å². The van der Waals surface area contributed by atoms with Crippen molar-refractivity contribution in [3.8, 4) is 0 Å². The highest BCUT2D eigenvalue weighted by atomic mass is 16.6. The molecule has 0 bridgehead atoms. The van der Waals surface area contributed by atoms with Gasteiger partial charge in [0.25, 0.3) is 0 Å². The predicted octanol–water partition coefficient (Wildman–Crippen LogP) is 22.6. The molecule has 6 heteroatoms. The van der Waals surface area contributed by atoms with Crippen molar-refractivity contribution in [1.82, 2.24) is 0 Å². The van der Waals surface area contributed by atoms with Crippen LogP contribution in [0.3, 0.4) is 0 Å². The lowest BCUT2D eigenvalue weighted by Gasteiger charge is -2.18. The molecule has 0 radical (unpaired) electrons. The number of carbonyl (C=O) groups excluding carboxylic acids is 3. The largest absolute Gasteiger partial charge is 0.462 e. The van der Waals surface area contributed by atoms with Gasteiger partial charge in [0.15, 0.2) is 6.10 Å². The van der Waals surface area contributed by atoms with Crippen LogP contribution in [0.2, 0.25) is 0 Å². The van der Waals surface area contributed by atoms with Crippen molar-refractivity contribution in [1.29, 1.82) is 0 Å². The van der Waals surface area contributed by atoms with Gasteiger partial charge in [-0.05, 0) is 70.6 Å². The smallest absolute Gasteiger partial charge is 0.306 e. The van der Waals surface area contributed by atoms with Crippen molar-refractivity contribution in [3.05, 3.63) is 24.3 Å². The highest BCUT2D eigenvalue weighted by Gasteiger charge is 2.19. The lowest BCUT2D eigenvalue weighted by molar-refractivity contribution is -0.167. The SMILES string of the molecule is CCCCCCCCC/C=C\CCCCCCCC(=O)OC(COC(=O)CCCCCCCCCCC)COC(=O)CCCCCCCCCCCCCCCCCCCCC/C=C\CCCCCCCCCC. The van der Waals surface area contributed by atoms with Crippen LogP contribution < -0.4 is 0 Å². The summed E-state index contributed by atoms with van der Waals surface area (Å²) in [7, 11) is 0. The Kier molecular flexibility index (Phi) is 61.6. The van der Waals surface area contributed by atoms with Crippen LogP contribution in [0.1, 0.15) is 374 Å². The van der Waals surface area contributed by atoms with E-state index in [0.717, 1.165) is 64.2 Å². The lowest BCUT2D eigenvalue weighted by Crippen LogP contribution is -2.30. The first-order valence-electron chi connectivity index (χ1n) is 33.3. The van der Waals surface area contributed by atoms with Crippen molar-refractivity contribution in [3.63, 3.8) is 0 Å². The molecule has 1 atom stereocenters. The molecule has 0 aliphatic carbocycles. The summed E-state index contributed by atoms with van der Waals surface area (Å²) in [5.74, 6) is -0.856. The minimum absolute atomic E-state index is 0.0690. The van der Waals surface area contributed by atoms with E-state index in [0.29, 0.717) is 19.3 Å². The van der Waals surface area contributed by atoms with E-state index < -0.39 is 6.10 Å². The highest BCUT2D eigenvalue weighted by Crippen LogP contribution is 2.18. The van der Waals surface area contributed by atoms with Gasteiger partial charge in [-0.1, -0.05) is 308 Å². The minimum Gasteiger partial charge on any atom is -0.462 e. The molecule has 0 aromatic carbocycles. The van der Waals surface area contributed by atoms with Gasteiger partial charge in [-0.25, -0.2) is 0 Å². The summed E-state index contributed by atoms with van der Waals surface area (Å²) >= 11 is 0. The van der Waals surface area contributed by atoms with Crippen molar-refractivity contribution < 1.29 is 28.6 Å². The van der Waals surface area contributed by atoms with Crippen molar-refractivity contribution in [2.24, 2.45) is 0 Å². The van der Waals surface area contributed by atoms with Crippen LogP contribution in [0, 0.1) is 0 Å². The third-order valence-corrected chi connectivity index (χ3v) is 15.2. The molecule has 0 spiro atoms. The molecule has 0 saturated heterocycles. The second-order valence-electron chi connectivity index (χ2n) is 22.7. The van der Waals surface area contributed by atoms with Crippen molar-refractivity contribution >= 4 is 17.9 Å². The molecule has 0 aliphatic rings. The van der Waals surface area contributed by atoms with Gasteiger partial charge in [0, 0.05) is 19.3 Å². The van der Waals surface area contributed by atoms with Gasteiger partial charge in [-0.2, -0.15) is 0 Å². The fourth-order valence-corrected chi connectivity index (χ4v) is 10.1. The van der Waals surface area contributed by atoms with Crippen LogP contribution in [0.15, 0.2) is 24.3 Å². The normalized spacial score (nSPS) is 12.1. The van der Waals surface area contributed by atoms with Crippen molar-refractivity contribution in [2.45, 2.75) is 380 Å². The Bertz CT molecular complexity index is 1190. The van der Waals surface area contributed by atoms with E-state index >= 15 is 0 Å². The molecule has 0 saturated carbocycles. The summed E-state index contributed by atoms with van der Waals surface area (Å²) < 4.78 is 16.9. The Hall–Kier alpha value is -2.11. The molecule has 0 heterocycles. The van der Waals surface area contributed by atoms with E-state index in [2.05, 4.69) is 45.1 Å². The average molecular weight is 1040 g/mol. The number of unbranched alkanes of at least 4 members (excludes halogenated alkanes) is 47. The molecule has 1 unspecified atom stereocenters. The minimum atomic E-state index is -0.770. The molecule has 0 fully saturated rings. The zero-order valence-corrected chi connectivity index (χ0v) is 50.1. The zero-order chi connectivity index (χ0) is 53.6. The highest BCUT2D eigenvalue weighted by molar-refractivity contribution is 5.71. The maximum Gasteiger partial charge on any atom is 0.306 e. The first kappa shape index (κ1) is 71.9. The number of esters is 3. The Morgan fingerprint density at radius 2 is 0.446 bits per heavy atom. The van der Waals surface area contributed by atoms with Gasteiger partial charge in [-0.3, -0.25) is 14.4 Å². The summed E-state index contributed by atoms with van der Waals surface area (Å²) in [5, 5.41) is 0. The maximum absolute atomic E-state index is 12.9. The van der Waals surface area contributed by atoms with E-state index in [4.69, 9.17) is 14.2 Å². The number of hydrogen-bond donors (Lipinski definition) is 0. The molecular formula is C68H128O6. The summed E-state index contributed by atoms with van der Waals surface area (Å²) in [6.07, 6.45) is 76.5. The molecule has 0 rings (SSSR count). The van der Waals surface area contributed by atoms with Crippen LogP contribution in [0.4, 0.5) is 0 Å². The van der Waals surface area contributed by atoms with E-state index in [-0.39, 0.29) is 31.1 Å². The number of hydrogen-bond acceptors (Lipinski definition) is 6. The summed E-state index contributed by atoms with van der Waals surface area (Å²) in [5.41, 5.74) is 0. The molecule has 0 aromatic heterocycles. The monoisotopic (exact) mass is 1040 g/mol. The number of ether oxygens (including phenoxy) is 3. The van der Waals surface area contributed by atoms with Gasteiger partial charge in [-0.15, -0.1) is 0 Å². The Morgan fingerprint density at radius 1 is 0.257 bits per heavy atom. The van der Waals surface area contributed by atoms with Crippen molar-refractivity contribution in [2.75, 3.05) is 13.2 Å². The van der Waals surface area contributed by atoms with Crippen LogP contribution in [-0.4, -0.2) is 37.2 Å². The molecule has 6 nitrogen and oxygen atoms in total. The Balaban J connectivity index is 4.04. The van der Waals surface area contributed by atoms with Gasteiger partial charge >= 0.3 is 17.9 Å².